The van der Waals surface area contributed by atoms with Crippen LogP contribution in [0, 0.1) is 6.92 Å². The van der Waals surface area contributed by atoms with Gasteiger partial charge in [0.15, 0.2) is 0 Å². The molecule has 0 amide bonds. The van der Waals surface area contributed by atoms with Crippen LogP contribution in [0.1, 0.15) is 40.0 Å². The summed E-state index contributed by atoms with van der Waals surface area (Å²) in [4.78, 5) is 16.7. The minimum absolute atomic E-state index is 0.0928. The predicted molar refractivity (Wildman–Crippen MR) is 105 cm³/mol. The van der Waals surface area contributed by atoms with Gasteiger partial charge in [-0.25, -0.2) is 4.79 Å². The van der Waals surface area contributed by atoms with Gasteiger partial charge in [0.25, 0.3) is 0 Å². The summed E-state index contributed by atoms with van der Waals surface area (Å²) in [5, 5.41) is 0. The lowest BCUT2D eigenvalue weighted by Crippen LogP contribution is -2.08. The van der Waals surface area contributed by atoms with Crippen molar-refractivity contribution in [1.29, 1.82) is 0 Å². The number of nitrogens with zero attached hydrogens (tertiary/aromatic N) is 1. The Morgan fingerprint density at radius 1 is 0.923 bits per heavy atom. The molecule has 0 aromatic heterocycles. The van der Waals surface area contributed by atoms with E-state index in [9.17, 15) is 4.79 Å². The predicted octanol–water partition coefficient (Wildman–Crippen LogP) is 5.39. The molecule has 0 aliphatic rings. The zero-order valence-corrected chi connectivity index (χ0v) is 14.9. The lowest BCUT2D eigenvalue weighted by atomic mass is 10.1. The molecule has 26 heavy (non-hydrogen) atoms. The van der Waals surface area contributed by atoms with Crippen LogP contribution in [-0.4, -0.2) is 12.2 Å². The molecule has 130 valence electrons. The first-order valence-corrected chi connectivity index (χ1v) is 8.59. The van der Waals surface area contributed by atoms with Crippen molar-refractivity contribution < 1.29 is 9.53 Å². The Morgan fingerprint density at radius 3 is 2.23 bits per heavy atom. The first-order chi connectivity index (χ1) is 12.6. The topological polar surface area (TPSA) is 38.7 Å². The number of rotatable bonds is 5. The molecule has 1 atom stereocenters. The maximum atomic E-state index is 12.1. The number of hydrogen-bond acceptors (Lipinski definition) is 3. The molecule has 0 radical (unpaired) electrons. The van der Waals surface area contributed by atoms with Gasteiger partial charge in [-0.15, -0.1) is 0 Å². The molecule has 0 saturated carbocycles. The van der Waals surface area contributed by atoms with Gasteiger partial charge in [-0.3, -0.25) is 4.99 Å². The summed E-state index contributed by atoms with van der Waals surface area (Å²) in [6, 6.07) is 24.9. The molecule has 1 unspecified atom stereocenters. The second-order valence-corrected chi connectivity index (χ2v) is 6.19. The van der Waals surface area contributed by atoms with E-state index in [2.05, 4.69) is 24.0 Å². The molecule has 0 bridgehead atoms. The first kappa shape index (κ1) is 17.6. The Balaban J connectivity index is 1.62. The molecule has 3 aromatic rings. The quantitative estimate of drug-likeness (QED) is 0.354. The van der Waals surface area contributed by atoms with Crippen LogP contribution < -0.4 is 4.74 Å². The van der Waals surface area contributed by atoms with Gasteiger partial charge in [0, 0.05) is 6.21 Å². The van der Waals surface area contributed by atoms with E-state index in [-0.39, 0.29) is 12.0 Å². The summed E-state index contributed by atoms with van der Waals surface area (Å²) < 4.78 is 5.41. The largest absolute Gasteiger partial charge is 0.423 e. The van der Waals surface area contributed by atoms with Crippen LogP contribution in [0.15, 0.2) is 83.9 Å². The van der Waals surface area contributed by atoms with Gasteiger partial charge in [-0.1, -0.05) is 48.0 Å². The number of esters is 1. The Kier molecular flexibility index (Phi) is 5.59. The molecule has 0 spiro atoms. The third-order valence-corrected chi connectivity index (χ3v) is 4.11. The van der Waals surface area contributed by atoms with E-state index in [0.717, 1.165) is 11.1 Å². The third-order valence-electron chi connectivity index (χ3n) is 4.11. The minimum Gasteiger partial charge on any atom is -0.423 e. The lowest BCUT2D eigenvalue weighted by Gasteiger charge is -2.06. The second-order valence-electron chi connectivity index (χ2n) is 6.19. The smallest absolute Gasteiger partial charge is 0.343 e. The number of carbonyl (C=O) groups excluding carboxylic acids is 1. The van der Waals surface area contributed by atoms with Crippen LogP contribution in [-0.2, 0) is 0 Å². The molecule has 0 heterocycles. The van der Waals surface area contributed by atoms with E-state index in [0.29, 0.717) is 11.3 Å². The molecule has 0 N–H and O–H groups in total. The Hall–Kier alpha value is -3.20. The maximum absolute atomic E-state index is 12.1. The van der Waals surface area contributed by atoms with E-state index in [4.69, 9.17) is 4.74 Å². The van der Waals surface area contributed by atoms with Gasteiger partial charge in [0.1, 0.15) is 5.75 Å². The van der Waals surface area contributed by atoms with E-state index in [1.165, 1.54) is 5.56 Å². The van der Waals surface area contributed by atoms with Crippen LogP contribution in [0.4, 0.5) is 0 Å². The third kappa shape index (κ3) is 4.67. The summed E-state index contributed by atoms with van der Waals surface area (Å²) in [5.74, 6) is 0.160. The highest BCUT2D eigenvalue weighted by molar-refractivity contribution is 5.91. The van der Waals surface area contributed by atoms with Gasteiger partial charge in [0.05, 0.1) is 11.6 Å². The van der Waals surface area contributed by atoms with E-state index >= 15 is 0 Å². The molecule has 0 aliphatic heterocycles. The van der Waals surface area contributed by atoms with Gasteiger partial charge in [-0.05, 0) is 61.4 Å². The van der Waals surface area contributed by atoms with Crippen molar-refractivity contribution in [1.82, 2.24) is 0 Å². The number of ether oxygens (including phenoxy) is 1. The SMILES string of the molecule is Cc1ccc(C(=O)Oc2ccc(C=NC(C)c3ccccc3)cc2)cc1. The fourth-order valence-corrected chi connectivity index (χ4v) is 2.49. The molecule has 0 saturated heterocycles. The van der Waals surface area contributed by atoms with Gasteiger partial charge < -0.3 is 4.74 Å². The van der Waals surface area contributed by atoms with Crippen LogP contribution in [0.25, 0.3) is 0 Å². The van der Waals surface area contributed by atoms with E-state index in [1.807, 2.05) is 55.6 Å². The Morgan fingerprint density at radius 2 is 1.58 bits per heavy atom. The van der Waals surface area contributed by atoms with E-state index in [1.54, 1.807) is 24.3 Å². The fraction of sp³-hybridized carbons (Fsp3) is 0.130. The highest BCUT2D eigenvalue weighted by Crippen LogP contribution is 2.17. The van der Waals surface area contributed by atoms with Crippen LogP contribution in [0.3, 0.4) is 0 Å². The van der Waals surface area contributed by atoms with Crippen molar-refractivity contribution in [3.05, 3.63) is 101 Å². The van der Waals surface area contributed by atoms with Gasteiger partial charge >= 0.3 is 5.97 Å². The molecule has 3 nitrogen and oxygen atoms in total. The number of aliphatic imine (C=N–C) groups is 1. The standard InChI is InChI=1S/C23H21NO2/c1-17-8-12-21(13-9-17)23(25)26-22-14-10-19(11-15-22)16-24-18(2)20-6-4-3-5-7-20/h3-16,18H,1-2H3. The van der Waals surface area contributed by atoms with Crippen molar-refractivity contribution in [2.45, 2.75) is 19.9 Å². The van der Waals surface area contributed by atoms with Crippen LogP contribution >= 0.6 is 0 Å². The van der Waals surface area contributed by atoms with Crippen LogP contribution in [0.2, 0.25) is 0 Å². The number of carbonyl (C=O) groups is 1. The molecule has 3 rings (SSSR count). The Labute approximate surface area is 154 Å². The molecule has 0 fully saturated rings. The monoisotopic (exact) mass is 343 g/mol. The van der Waals surface area contributed by atoms with Crippen molar-refractivity contribution in [3.63, 3.8) is 0 Å². The average molecular weight is 343 g/mol. The molecule has 0 aliphatic carbocycles. The lowest BCUT2D eigenvalue weighted by molar-refractivity contribution is 0.0735. The summed E-state index contributed by atoms with van der Waals surface area (Å²) in [5.41, 5.74) is 3.78. The second kappa shape index (κ2) is 8.26. The summed E-state index contributed by atoms with van der Waals surface area (Å²) in [6.45, 7) is 4.04. The molecular formula is C23H21NO2. The highest BCUT2D eigenvalue weighted by Gasteiger charge is 2.08. The van der Waals surface area contributed by atoms with Gasteiger partial charge in [0.2, 0.25) is 0 Å². The Bertz CT molecular complexity index is 882. The number of hydrogen-bond donors (Lipinski definition) is 0. The molecular weight excluding hydrogens is 322 g/mol. The molecule has 3 heteroatoms. The molecule has 3 aromatic carbocycles. The summed E-state index contributed by atoms with van der Waals surface area (Å²) >= 11 is 0. The minimum atomic E-state index is -0.357. The zero-order chi connectivity index (χ0) is 18.4. The summed E-state index contributed by atoms with van der Waals surface area (Å²) in [6.07, 6.45) is 1.84. The highest BCUT2D eigenvalue weighted by atomic mass is 16.5. The fourth-order valence-electron chi connectivity index (χ4n) is 2.49. The summed E-state index contributed by atoms with van der Waals surface area (Å²) in [7, 11) is 0. The van der Waals surface area contributed by atoms with Crippen molar-refractivity contribution in [2.24, 2.45) is 4.99 Å². The van der Waals surface area contributed by atoms with Crippen molar-refractivity contribution in [3.8, 4) is 5.75 Å². The van der Waals surface area contributed by atoms with Crippen molar-refractivity contribution in [2.75, 3.05) is 0 Å². The maximum Gasteiger partial charge on any atom is 0.343 e. The number of aryl methyl sites for hydroxylation is 1. The van der Waals surface area contributed by atoms with E-state index < -0.39 is 0 Å². The normalized spacial score (nSPS) is 12.1. The number of benzene rings is 3. The van der Waals surface area contributed by atoms with Crippen molar-refractivity contribution >= 4 is 12.2 Å². The van der Waals surface area contributed by atoms with Crippen LogP contribution in [0.5, 0.6) is 5.75 Å². The first-order valence-electron chi connectivity index (χ1n) is 8.59. The average Bonchev–Trinajstić information content (AvgIpc) is 2.68. The zero-order valence-electron chi connectivity index (χ0n) is 14.9. The van der Waals surface area contributed by atoms with Gasteiger partial charge in [-0.2, -0.15) is 0 Å².